The molecular weight excluding hydrogens is 394 g/mol. The summed E-state index contributed by atoms with van der Waals surface area (Å²) in [5.41, 5.74) is 8.38. The first-order valence-electron chi connectivity index (χ1n) is 7.54. The van der Waals surface area contributed by atoms with Crippen LogP contribution in [0.4, 0.5) is 0 Å². The molecule has 0 saturated heterocycles. The van der Waals surface area contributed by atoms with E-state index < -0.39 is 0 Å². The van der Waals surface area contributed by atoms with Crippen LogP contribution in [-0.4, -0.2) is 15.9 Å². The van der Waals surface area contributed by atoms with Crippen molar-refractivity contribution >= 4 is 51.9 Å². The quantitative estimate of drug-likeness (QED) is 0.584. The number of aromatic nitrogens is 2. The molecule has 0 fully saturated rings. The SMILES string of the molecule is Cc1nc(SCc2csc(Cc3ccc(Cl)cc3)n2)sc1CC(N)=O. The highest BCUT2D eigenvalue weighted by Crippen LogP contribution is 2.30. The molecule has 0 aliphatic rings. The van der Waals surface area contributed by atoms with Gasteiger partial charge in [0.2, 0.25) is 5.91 Å². The van der Waals surface area contributed by atoms with Crippen LogP contribution in [0, 0.1) is 6.92 Å². The van der Waals surface area contributed by atoms with Crippen molar-refractivity contribution in [3.8, 4) is 0 Å². The lowest BCUT2D eigenvalue weighted by Gasteiger charge is -1.98. The Balaban J connectivity index is 1.58. The molecule has 2 heterocycles. The fraction of sp³-hybridized carbons (Fsp3) is 0.235. The molecule has 0 saturated carbocycles. The van der Waals surface area contributed by atoms with Crippen molar-refractivity contribution in [3.05, 3.63) is 61.5 Å². The van der Waals surface area contributed by atoms with Crippen LogP contribution in [0.15, 0.2) is 34.0 Å². The van der Waals surface area contributed by atoms with E-state index in [0.29, 0.717) is 0 Å². The number of hydrogen-bond acceptors (Lipinski definition) is 6. The zero-order valence-electron chi connectivity index (χ0n) is 13.5. The largest absolute Gasteiger partial charge is 0.369 e. The fourth-order valence-electron chi connectivity index (χ4n) is 2.19. The second kappa shape index (κ2) is 8.31. The number of thiazole rings is 2. The first kappa shape index (κ1) is 18.4. The van der Waals surface area contributed by atoms with Crippen LogP contribution in [0.3, 0.4) is 0 Å². The molecule has 130 valence electrons. The second-order valence-corrected chi connectivity index (χ2v) is 9.14. The maximum atomic E-state index is 11.1. The van der Waals surface area contributed by atoms with E-state index in [0.717, 1.165) is 42.8 Å². The van der Waals surface area contributed by atoms with Crippen molar-refractivity contribution < 1.29 is 4.79 Å². The predicted molar refractivity (Wildman–Crippen MR) is 106 cm³/mol. The van der Waals surface area contributed by atoms with Gasteiger partial charge >= 0.3 is 0 Å². The Hall–Kier alpha value is -1.41. The molecule has 0 unspecified atom stereocenters. The van der Waals surface area contributed by atoms with Crippen LogP contribution in [0.2, 0.25) is 5.02 Å². The molecule has 0 aliphatic carbocycles. The Morgan fingerprint density at radius 1 is 1.28 bits per heavy atom. The molecular formula is C17H16ClN3OS3. The summed E-state index contributed by atoms with van der Waals surface area (Å²) in [5.74, 6) is 0.440. The number of rotatable bonds is 7. The zero-order chi connectivity index (χ0) is 17.8. The van der Waals surface area contributed by atoms with E-state index in [4.69, 9.17) is 17.3 Å². The van der Waals surface area contributed by atoms with Crippen LogP contribution in [0.5, 0.6) is 0 Å². The fourth-order valence-corrected chi connectivity index (χ4v) is 5.39. The minimum absolute atomic E-state index is 0.256. The van der Waals surface area contributed by atoms with E-state index in [-0.39, 0.29) is 12.3 Å². The van der Waals surface area contributed by atoms with Gasteiger partial charge in [0.1, 0.15) is 0 Å². The molecule has 2 aromatic heterocycles. The summed E-state index contributed by atoms with van der Waals surface area (Å²) in [5, 5.41) is 3.92. The van der Waals surface area contributed by atoms with Crippen molar-refractivity contribution in [2.75, 3.05) is 0 Å². The standard InChI is InChI=1S/C17H16ClN3OS3/c1-10-14(7-15(19)22)25-17(20-10)24-9-13-8-23-16(21-13)6-11-2-4-12(18)5-3-11/h2-5,8H,6-7,9H2,1H3,(H2,19,22). The molecule has 3 aromatic rings. The van der Waals surface area contributed by atoms with Gasteiger partial charge in [0.15, 0.2) is 4.34 Å². The van der Waals surface area contributed by atoms with Crippen LogP contribution in [-0.2, 0) is 23.4 Å². The third-order valence-corrected chi connectivity index (χ3v) is 6.90. The van der Waals surface area contributed by atoms with Crippen LogP contribution in [0.25, 0.3) is 0 Å². The predicted octanol–water partition coefficient (Wildman–Crippen LogP) is 4.47. The number of primary amides is 1. The number of amides is 1. The molecule has 1 amide bonds. The lowest BCUT2D eigenvalue weighted by atomic mass is 10.2. The first-order valence-corrected chi connectivity index (χ1v) is 10.6. The molecule has 2 N–H and O–H groups in total. The van der Waals surface area contributed by atoms with Crippen molar-refractivity contribution in [3.63, 3.8) is 0 Å². The lowest BCUT2D eigenvalue weighted by molar-refractivity contribution is -0.117. The molecule has 4 nitrogen and oxygen atoms in total. The molecule has 0 spiro atoms. The topological polar surface area (TPSA) is 68.9 Å². The number of nitrogens with two attached hydrogens (primary N) is 1. The molecule has 0 aliphatic heterocycles. The number of halogens is 1. The van der Waals surface area contributed by atoms with Crippen LogP contribution >= 0.6 is 46.0 Å². The van der Waals surface area contributed by atoms with Gasteiger partial charge in [-0.3, -0.25) is 4.79 Å². The Bertz CT molecular complexity index is 874. The molecule has 0 atom stereocenters. The van der Waals surface area contributed by atoms with Crippen LogP contribution in [0.1, 0.15) is 26.8 Å². The molecule has 3 rings (SSSR count). The highest BCUT2D eigenvalue weighted by molar-refractivity contribution is 8.00. The highest BCUT2D eigenvalue weighted by atomic mass is 35.5. The van der Waals surface area contributed by atoms with E-state index in [1.54, 1.807) is 23.1 Å². The first-order chi connectivity index (χ1) is 12.0. The number of hydrogen-bond donors (Lipinski definition) is 1. The number of carbonyl (C=O) groups excluding carboxylic acids is 1. The number of thioether (sulfide) groups is 1. The Labute approximate surface area is 163 Å². The molecule has 0 radical (unpaired) electrons. The van der Waals surface area contributed by atoms with Gasteiger partial charge in [-0.15, -0.1) is 22.7 Å². The van der Waals surface area contributed by atoms with Crippen molar-refractivity contribution in [2.24, 2.45) is 5.73 Å². The van der Waals surface area contributed by atoms with Gasteiger partial charge in [-0.25, -0.2) is 9.97 Å². The van der Waals surface area contributed by atoms with Gasteiger partial charge in [-0.2, -0.15) is 0 Å². The summed E-state index contributed by atoms with van der Waals surface area (Å²) in [6.07, 6.45) is 1.07. The van der Waals surface area contributed by atoms with Gasteiger partial charge in [0, 0.05) is 27.5 Å². The van der Waals surface area contributed by atoms with E-state index in [9.17, 15) is 4.79 Å². The summed E-state index contributed by atoms with van der Waals surface area (Å²) in [7, 11) is 0. The van der Waals surface area contributed by atoms with Crippen LogP contribution < -0.4 is 5.73 Å². The minimum Gasteiger partial charge on any atom is -0.369 e. The van der Waals surface area contributed by atoms with E-state index in [2.05, 4.69) is 15.3 Å². The monoisotopic (exact) mass is 409 g/mol. The van der Waals surface area contributed by atoms with E-state index in [1.165, 1.54) is 16.9 Å². The maximum absolute atomic E-state index is 11.1. The third-order valence-electron chi connectivity index (χ3n) is 3.42. The molecule has 1 aromatic carbocycles. The van der Waals surface area contributed by atoms with E-state index >= 15 is 0 Å². The molecule has 0 bridgehead atoms. The van der Waals surface area contributed by atoms with E-state index in [1.807, 2.05) is 31.2 Å². The lowest BCUT2D eigenvalue weighted by Crippen LogP contribution is -2.13. The number of carbonyl (C=O) groups is 1. The minimum atomic E-state index is -0.324. The third kappa shape index (κ3) is 5.28. The van der Waals surface area contributed by atoms with Gasteiger partial charge < -0.3 is 5.73 Å². The van der Waals surface area contributed by atoms with Gasteiger partial charge in [-0.05, 0) is 24.6 Å². The summed E-state index contributed by atoms with van der Waals surface area (Å²) in [4.78, 5) is 21.2. The summed E-state index contributed by atoms with van der Waals surface area (Å²) < 4.78 is 0.945. The Morgan fingerprint density at radius 3 is 2.76 bits per heavy atom. The maximum Gasteiger partial charge on any atom is 0.222 e. The average molecular weight is 410 g/mol. The van der Waals surface area contributed by atoms with Crippen molar-refractivity contribution in [1.29, 1.82) is 0 Å². The number of nitrogens with zero attached hydrogens (tertiary/aromatic N) is 2. The Morgan fingerprint density at radius 2 is 2.04 bits per heavy atom. The molecule has 25 heavy (non-hydrogen) atoms. The normalized spacial score (nSPS) is 11.0. The van der Waals surface area contributed by atoms with Crippen molar-refractivity contribution in [2.45, 2.75) is 29.9 Å². The van der Waals surface area contributed by atoms with Gasteiger partial charge in [0.05, 0.1) is 22.8 Å². The summed E-state index contributed by atoms with van der Waals surface area (Å²) in [6.45, 7) is 1.91. The highest BCUT2D eigenvalue weighted by Gasteiger charge is 2.11. The Kier molecular flexibility index (Phi) is 6.11. The number of aryl methyl sites for hydroxylation is 1. The van der Waals surface area contributed by atoms with Gasteiger partial charge in [-0.1, -0.05) is 35.5 Å². The summed E-state index contributed by atoms with van der Waals surface area (Å²) in [6, 6.07) is 7.85. The second-order valence-electron chi connectivity index (χ2n) is 5.46. The number of benzene rings is 1. The van der Waals surface area contributed by atoms with Crippen molar-refractivity contribution in [1.82, 2.24) is 9.97 Å². The molecule has 8 heteroatoms. The zero-order valence-corrected chi connectivity index (χ0v) is 16.7. The average Bonchev–Trinajstić information content (AvgIpc) is 3.14. The van der Waals surface area contributed by atoms with Gasteiger partial charge in [0.25, 0.3) is 0 Å². The smallest absolute Gasteiger partial charge is 0.222 e. The summed E-state index contributed by atoms with van der Waals surface area (Å²) >= 11 is 10.7.